The number of carbonyl (C=O) groups is 2. The third-order valence-electron chi connectivity index (χ3n) is 5.77. The number of likely N-dealkylation sites (N-methyl/N-ethyl adjacent to an activating group) is 1. The summed E-state index contributed by atoms with van der Waals surface area (Å²) in [5.41, 5.74) is 1.90. The Kier molecular flexibility index (Phi) is 5.46. The van der Waals surface area contributed by atoms with Gasteiger partial charge in [0.15, 0.2) is 0 Å². The minimum atomic E-state index is -1.14. The van der Waals surface area contributed by atoms with Crippen LogP contribution in [0.4, 0.5) is 4.39 Å². The Labute approximate surface area is 179 Å². The number of halogens is 1. The number of rotatable bonds is 6. The van der Waals surface area contributed by atoms with Crippen molar-refractivity contribution < 1.29 is 19.1 Å². The van der Waals surface area contributed by atoms with E-state index in [9.17, 15) is 19.1 Å². The van der Waals surface area contributed by atoms with E-state index >= 15 is 0 Å². The lowest BCUT2D eigenvalue weighted by atomic mass is 10.0. The van der Waals surface area contributed by atoms with Gasteiger partial charge in [-0.15, -0.1) is 0 Å². The lowest BCUT2D eigenvalue weighted by Gasteiger charge is -2.15. The number of carboxylic acids is 1. The number of carboxylic acid groups (broad SMARTS) is 1. The molecule has 0 aliphatic carbocycles. The van der Waals surface area contributed by atoms with E-state index in [-0.39, 0.29) is 18.0 Å². The molecule has 1 heterocycles. The molecule has 31 heavy (non-hydrogen) atoms. The van der Waals surface area contributed by atoms with Gasteiger partial charge in [-0.25, -0.2) is 9.18 Å². The lowest BCUT2D eigenvalue weighted by molar-refractivity contribution is -0.128. The Bertz CT molecular complexity index is 1300. The van der Waals surface area contributed by atoms with E-state index in [1.807, 2.05) is 49.4 Å². The first kappa shape index (κ1) is 20.6. The maximum atomic E-state index is 14.1. The summed E-state index contributed by atoms with van der Waals surface area (Å²) >= 11 is 0. The average molecular weight is 418 g/mol. The number of fused-ring (bicyclic) bond motifs is 2. The molecule has 0 aliphatic heterocycles. The molecule has 158 valence electrons. The maximum Gasteiger partial charge on any atom is 0.352 e. The number of hydrogen-bond acceptors (Lipinski definition) is 2. The van der Waals surface area contributed by atoms with E-state index in [0.717, 1.165) is 16.3 Å². The van der Waals surface area contributed by atoms with Crippen LogP contribution in [0.25, 0.3) is 21.7 Å². The van der Waals surface area contributed by atoms with Crippen LogP contribution in [0.2, 0.25) is 0 Å². The normalized spacial score (nSPS) is 11.2. The number of hydrogen-bond donors (Lipinski definition) is 1. The quantitative estimate of drug-likeness (QED) is 0.494. The topological polar surface area (TPSA) is 62.5 Å². The molecular weight excluding hydrogens is 395 g/mol. The maximum absolute atomic E-state index is 14.1. The Balaban J connectivity index is 1.93. The van der Waals surface area contributed by atoms with Gasteiger partial charge >= 0.3 is 5.97 Å². The fraction of sp³-hybridized carbons (Fsp3) is 0.200. The molecule has 0 saturated heterocycles. The molecule has 1 aromatic heterocycles. The highest BCUT2D eigenvalue weighted by molar-refractivity contribution is 6.01. The summed E-state index contributed by atoms with van der Waals surface area (Å²) in [4.78, 5) is 26.5. The van der Waals surface area contributed by atoms with Gasteiger partial charge in [0.1, 0.15) is 11.5 Å². The summed E-state index contributed by atoms with van der Waals surface area (Å²) in [6, 6.07) is 18.0. The van der Waals surface area contributed by atoms with Crippen molar-refractivity contribution in [3.8, 4) is 0 Å². The summed E-state index contributed by atoms with van der Waals surface area (Å²) in [6.07, 6.45) is -0.103. The molecule has 0 saturated carbocycles. The molecular formula is C25H23FN2O3. The van der Waals surface area contributed by atoms with Crippen LogP contribution in [-0.4, -0.2) is 40.0 Å². The lowest BCUT2D eigenvalue weighted by Crippen LogP contribution is -2.28. The van der Waals surface area contributed by atoms with Gasteiger partial charge in [-0.05, 0) is 41.5 Å². The number of aromatic nitrogens is 1. The highest BCUT2D eigenvalue weighted by atomic mass is 19.1. The van der Waals surface area contributed by atoms with E-state index < -0.39 is 11.8 Å². The second-order valence-electron chi connectivity index (χ2n) is 7.60. The van der Waals surface area contributed by atoms with Gasteiger partial charge < -0.3 is 14.6 Å². The van der Waals surface area contributed by atoms with Gasteiger partial charge in [0.2, 0.25) is 5.91 Å². The van der Waals surface area contributed by atoms with Crippen LogP contribution >= 0.6 is 0 Å². The van der Waals surface area contributed by atoms with Crippen molar-refractivity contribution in [1.82, 2.24) is 9.47 Å². The highest BCUT2D eigenvalue weighted by Gasteiger charge is 2.25. The van der Waals surface area contributed by atoms with Crippen molar-refractivity contribution in [2.45, 2.75) is 19.9 Å². The number of amides is 1. The van der Waals surface area contributed by atoms with E-state index in [1.54, 1.807) is 17.7 Å². The third-order valence-corrected chi connectivity index (χ3v) is 5.77. The summed E-state index contributed by atoms with van der Waals surface area (Å²) in [5, 5.41) is 12.6. The van der Waals surface area contributed by atoms with Crippen LogP contribution in [0.5, 0.6) is 0 Å². The molecule has 1 amide bonds. The zero-order valence-electron chi connectivity index (χ0n) is 17.4. The molecule has 6 heteroatoms. The van der Waals surface area contributed by atoms with Gasteiger partial charge in [-0.3, -0.25) is 4.79 Å². The summed E-state index contributed by atoms with van der Waals surface area (Å²) < 4.78 is 15.8. The minimum Gasteiger partial charge on any atom is -0.477 e. The van der Waals surface area contributed by atoms with Gasteiger partial charge in [0.25, 0.3) is 0 Å². The molecule has 0 radical (unpaired) electrons. The largest absolute Gasteiger partial charge is 0.477 e. The van der Waals surface area contributed by atoms with Gasteiger partial charge in [0, 0.05) is 36.6 Å². The average Bonchev–Trinajstić information content (AvgIpc) is 3.05. The summed E-state index contributed by atoms with van der Waals surface area (Å²) in [5.74, 6) is -1.82. The first-order chi connectivity index (χ1) is 14.9. The smallest absolute Gasteiger partial charge is 0.352 e. The Morgan fingerprint density at radius 2 is 1.77 bits per heavy atom. The SMILES string of the molecule is CCN(C)C(=O)Cc1c(C(=O)O)n(Cc2cccc3ccccc23)c2ccc(F)cc12. The zero-order valence-corrected chi connectivity index (χ0v) is 17.4. The highest BCUT2D eigenvalue weighted by Crippen LogP contribution is 2.30. The fourth-order valence-corrected chi connectivity index (χ4v) is 4.05. The predicted molar refractivity (Wildman–Crippen MR) is 119 cm³/mol. The fourth-order valence-electron chi connectivity index (χ4n) is 4.05. The van der Waals surface area contributed by atoms with Crippen molar-refractivity contribution in [2.75, 3.05) is 13.6 Å². The molecule has 0 bridgehead atoms. The van der Waals surface area contributed by atoms with Crippen LogP contribution in [0.3, 0.4) is 0 Å². The molecule has 1 N–H and O–H groups in total. The molecule has 5 nitrogen and oxygen atoms in total. The Morgan fingerprint density at radius 1 is 1.03 bits per heavy atom. The summed E-state index contributed by atoms with van der Waals surface area (Å²) in [6.45, 7) is 2.65. The van der Waals surface area contributed by atoms with E-state index in [1.165, 1.54) is 17.0 Å². The van der Waals surface area contributed by atoms with E-state index in [4.69, 9.17) is 0 Å². The molecule has 0 fully saturated rings. The summed E-state index contributed by atoms with van der Waals surface area (Å²) in [7, 11) is 1.67. The van der Waals surface area contributed by atoms with Crippen molar-refractivity contribution in [3.63, 3.8) is 0 Å². The molecule has 0 aliphatic rings. The van der Waals surface area contributed by atoms with Crippen LogP contribution < -0.4 is 0 Å². The van der Waals surface area contributed by atoms with E-state index in [0.29, 0.717) is 29.6 Å². The number of aromatic carboxylic acids is 1. The number of nitrogens with zero attached hydrogens (tertiary/aromatic N) is 2. The second kappa shape index (κ2) is 8.22. The Morgan fingerprint density at radius 3 is 2.52 bits per heavy atom. The van der Waals surface area contributed by atoms with Gasteiger partial charge in [-0.1, -0.05) is 42.5 Å². The third kappa shape index (κ3) is 3.77. The number of benzene rings is 3. The second-order valence-corrected chi connectivity index (χ2v) is 7.60. The molecule has 0 spiro atoms. The van der Waals surface area contributed by atoms with Crippen LogP contribution in [0.1, 0.15) is 28.5 Å². The molecule has 0 atom stereocenters. The molecule has 4 rings (SSSR count). The predicted octanol–water partition coefficient (Wildman–Crippen LogP) is 4.70. The van der Waals surface area contributed by atoms with Gasteiger partial charge in [-0.2, -0.15) is 0 Å². The van der Waals surface area contributed by atoms with Crippen LogP contribution in [0, 0.1) is 5.82 Å². The van der Waals surface area contributed by atoms with Crippen molar-refractivity contribution >= 4 is 33.6 Å². The molecule has 4 aromatic rings. The first-order valence-electron chi connectivity index (χ1n) is 10.1. The Hall–Kier alpha value is -3.67. The zero-order chi connectivity index (χ0) is 22.1. The number of carbonyl (C=O) groups excluding carboxylic acids is 1. The van der Waals surface area contributed by atoms with Crippen molar-refractivity contribution in [1.29, 1.82) is 0 Å². The van der Waals surface area contributed by atoms with Crippen molar-refractivity contribution in [3.05, 3.63) is 83.3 Å². The standard InChI is InChI=1S/C25H23FN2O3/c1-3-27(2)23(29)14-21-20-13-18(26)11-12-22(20)28(24(21)25(30)31)15-17-9-6-8-16-7-4-5-10-19(16)17/h4-13H,3,14-15H2,1-2H3,(H,30,31). The molecule has 0 unspecified atom stereocenters. The minimum absolute atomic E-state index is 0.0198. The van der Waals surface area contributed by atoms with Gasteiger partial charge in [0.05, 0.1) is 6.42 Å². The first-order valence-corrected chi connectivity index (χ1v) is 10.1. The van der Waals surface area contributed by atoms with Crippen LogP contribution in [-0.2, 0) is 17.8 Å². The van der Waals surface area contributed by atoms with E-state index in [2.05, 4.69) is 0 Å². The van der Waals surface area contributed by atoms with Crippen LogP contribution in [0.15, 0.2) is 60.7 Å². The molecule has 3 aromatic carbocycles. The van der Waals surface area contributed by atoms with Crippen molar-refractivity contribution in [2.24, 2.45) is 0 Å². The monoisotopic (exact) mass is 418 g/mol.